The molecule has 17 heavy (non-hydrogen) atoms. The number of piperidine rings is 1. The Morgan fingerprint density at radius 1 is 0.941 bits per heavy atom. The number of hydrogen-bond donors (Lipinski definition) is 0. The SMILES string of the molecule is CCC[N+]1(C)CCCC2CC3CCCC3CC21. The molecule has 1 nitrogen and oxygen atoms in total. The van der Waals surface area contributed by atoms with Gasteiger partial charge < -0.3 is 4.48 Å². The molecule has 1 heteroatoms. The fourth-order valence-corrected chi connectivity index (χ4v) is 5.53. The Labute approximate surface area is 107 Å². The van der Waals surface area contributed by atoms with Crippen molar-refractivity contribution < 1.29 is 4.48 Å². The van der Waals surface area contributed by atoms with Crippen LogP contribution in [-0.2, 0) is 0 Å². The molecule has 0 spiro atoms. The summed E-state index contributed by atoms with van der Waals surface area (Å²) >= 11 is 0. The normalized spacial score (nSPS) is 49.8. The Balaban J connectivity index is 1.77. The van der Waals surface area contributed by atoms with Gasteiger partial charge in [0.05, 0.1) is 26.2 Å². The Hall–Kier alpha value is -0.0400. The molecular weight excluding hydrogens is 206 g/mol. The van der Waals surface area contributed by atoms with E-state index in [2.05, 4.69) is 14.0 Å². The summed E-state index contributed by atoms with van der Waals surface area (Å²) in [7, 11) is 2.57. The van der Waals surface area contributed by atoms with Gasteiger partial charge in [0.2, 0.25) is 0 Å². The third-order valence-electron chi connectivity index (χ3n) is 6.29. The maximum atomic E-state index is 2.57. The third kappa shape index (κ3) is 2.05. The van der Waals surface area contributed by atoms with Crippen LogP contribution in [0.5, 0.6) is 0 Å². The molecule has 3 fully saturated rings. The molecule has 0 aromatic rings. The summed E-state index contributed by atoms with van der Waals surface area (Å²) in [5.41, 5.74) is 0. The van der Waals surface area contributed by atoms with Crippen molar-refractivity contribution in [2.45, 2.75) is 64.3 Å². The van der Waals surface area contributed by atoms with Gasteiger partial charge in [-0.05, 0) is 43.9 Å². The van der Waals surface area contributed by atoms with Gasteiger partial charge in [-0.15, -0.1) is 0 Å². The van der Waals surface area contributed by atoms with Crippen LogP contribution >= 0.6 is 0 Å². The van der Waals surface area contributed by atoms with Gasteiger partial charge in [-0.2, -0.15) is 0 Å². The molecule has 0 aromatic carbocycles. The molecule has 1 aliphatic heterocycles. The Bertz CT molecular complexity index is 271. The van der Waals surface area contributed by atoms with Crippen molar-refractivity contribution >= 4 is 0 Å². The van der Waals surface area contributed by atoms with Crippen molar-refractivity contribution in [1.29, 1.82) is 0 Å². The first-order chi connectivity index (χ1) is 8.23. The molecule has 2 saturated carbocycles. The highest BCUT2D eigenvalue weighted by Gasteiger charge is 2.48. The molecule has 5 atom stereocenters. The molecule has 3 rings (SSSR count). The van der Waals surface area contributed by atoms with E-state index in [0.29, 0.717) is 0 Å². The van der Waals surface area contributed by atoms with Gasteiger partial charge in [0, 0.05) is 12.3 Å². The first-order valence-corrected chi connectivity index (χ1v) is 8.07. The molecular formula is C16H30N+. The number of rotatable bonds is 2. The standard InChI is InChI=1S/C16H30N/c1-3-9-17(2)10-5-8-15-11-13-6-4-7-14(13)12-16(15)17/h13-16H,3-12H2,1-2H3/q+1. The molecule has 1 heterocycles. The van der Waals surface area contributed by atoms with E-state index in [0.717, 1.165) is 23.8 Å². The van der Waals surface area contributed by atoms with Crippen LogP contribution in [0.15, 0.2) is 0 Å². The van der Waals surface area contributed by atoms with Gasteiger partial charge in [0.25, 0.3) is 0 Å². The highest BCUT2D eigenvalue weighted by molar-refractivity contribution is 4.91. The van der Waals surface area contributed by atoms with Crippen molar-refractivity contribution in [3.05, 3.63) is 0 Å². The summed E-state index contributed by atoms with van der Waals surface area (Å²) in [4.78, 5) is 0. The monoisotopic (exact) mass is 236 g/mol. The van der Waals surface area contributed by atoms with Crippen LogP contribution in [0, 0.1) is 17.8 Å². The van der Waals surface area contributed by atoms with Crippen molar-refractivity contribution in [3.63, 3.8) is 0 Å². The van der Waals surface area contributed by atoms with Crippen LogP contribution in [0.4, 0.5) is 0 Å². The highest BCUT2D eigenvalue weighted by atomic mass is 15.4. The van der Waals surface area contributed by atoms with Crippen molar-refractivity contribution in [1.82, 2.24) is 0 Å². The zero-order valence-corrected chi connectivity index (χ0v) is 11.8. The molecule has 0 bridgehead atoms. The van der Waals surface area contributed by atoms with Gasteiger partial charge in [-0.1, -0.05) is 19.8 Å². The lowest BCUT2D eigenvalue weighted by atomic mass is 9.68. The van der Waals surface area contributed by atoms with Crippen LogP contribution in [0.1, 0.15) is 58.3 Å². The quantitative estimate of drug-likeness (QED) is 0.639. The van der Waals surface area contributed by atoms with Crippen molar-refractivity contribution in [3.8, 4) is 0 Å². The maximum Gasteiger partial charge on any atom is 0.0919 e. The molecule has 98 valence electrons. The predicted molar refractivity (Wildman–Crippen MR) is 72.8 cm³/mol. The van der Waals surface area contributed by atoms with Crippen molar-refractivity contribution in [2.24, 2.45) is 17.8 Å². The molecule has 0 aromatic heterocycles. The summed E-state index contributed by atoms with van der Waals surface area (Å²) in [6, 6.07) is 1.03. The zero-order valence-electron chi connectivity index (χ0n) is 11.8. The Morgan fingerprint density at radius 3 is 2.41 bits per heavy atom. The fourth-order valence-electron chi connectivity index (χ4n) is 5.53. The lowest BCUT2D eigenvalue weighted by Crippen LogP contribution is -2.61. The summed E-state index contributed by atoms with van der Waals surface area (Å²) in [6.07, 6.45) is 12.2. The van der Waals surface area contributed by atoms with Crippen LogP contribution in [0.25, 0.3) is 0 Å². The minimum absolute atomic E-state index is 1.03. The summed E-state index contributed by atoms with van der Waals surface area (Å²) < 4.78 is 1.42. The Kier molecular flexibility index (Phi) is 3.23. The van der Waals surface area contributed by atoms with Crippen molar-refractivity contribution in [2.75, 3.05) is 20.1 Å². The van der Waals surface area contributed by atoms with E-state index in [1.807, 2.05) is 0 Å². The third-order valence-corrected chi connectivity index (χ3v) is 6.29. The second-order valence-corrected chi connectivity index (χ2v) is 7.32. The molecule has 2 aliphatic carbocycles. The van der Waals surface area contributed by atoms with E-state index in [4.69, 9.17) is 0 Å². The molecule has 0 radical (unpaired) electrons. The van der Waals surface area contributed by atoms with Gasteiger partial charge in [-0.25, -0.2) is 0 Å². The topological polar surface area (TPSA) is 0 Å². The number of quaternary nitrogens is 1. The number of likely N-dealkylation sites (tertiary alicyclic amines) is 1. The molecule has 0 N–H and O–H groups in total. The van der Waals surface area contributed by atoms with Crippen LogP contribution in [0.2, 0.25) is 0 Å². The number of fused-ring (bicyclic) bond motifs is 2. The van der Waals surface area contributed by atoms with Gasteiger partial charge in [0.1, 0.15) is 0 Å². The second-order valence-electron chi connectivity index (χ2n) is 7.32. The lowest BCUT2D eigenvalue weighted by molar-refractivity contribution is -0.944. The van der Waals surface area contributed by atoms with E-state index < -0.39 is 0 Å². The first kappa shape index (κ1) is 12.0. The maximum absolute atomic E-state index is 2.57. The number of nitrogens with zero attached hydrogens (tertiary/aromatic N) is 1. The fraction of sp³-hybridized carbons (Fsp3) is 1.00. The van der Waals surface area contributed by atoms with Crippen LogP contribution in [-0.4, -0.2) is 30.7 Å². The summed E-state index contributed by atoms with van der Waals surface area (Å²) in [5, 5.41) is 0. The molecule has 5 unspecified atom stereocenters. The highest BCUT2D eigenvalue weighted by Crippen LogP contribution is 2.49. The molecule has 3 aliphatic rings. The van der Waals surface area contributed by atoms with E-state index in [-0.39, 0.29) is 0 Å². The van der Waals surface area contributed by atoms with Gasteiger partial charge >= 0.3 is 0 Å². The van der Waals surface area contributed by atoms with E-state index in [9.17, 15) is 0 Å². The minimum Gasteiger partial charge on any atom is -0.323 e. The van der Waals surface area contributed by atoms with E-state index >= 15 is 0 Å². The van der Waals surface area contributed by atoms with Crippen LogP contribution in [0.3, 0.4) is 0 Å². The number of hydrogen-bond acceptors (Lipinski definition) is 0. The van der Waals surface area contributed by atoms with Gasteiger partial charge in [0.15, 0.2) is 0 Å². The largest absolute Gasteiger partial charge is 0.323 e. The summed E-state index contributed by atoms with van der Waals surface area (Å²) in [6.45, 7) is 5.26. The lowest BCUT2D eigenvalue weighted by Gasteiger charge is -2.53. The van der Waals surface area contributed by atoms with E-state index in [1.54, 1.807) is 32.1 Å². The van der Waals surface area contributed by atoms with Crippen LogP contribution < -0.4 is 0 Å². The summed E-state index contributed by atoms with van der Waals surface area (Å²) in [5.74, 6) is 3.33. The average molecular weight is 236 g/mol. The minimum atomic E-state index is 1.03. The Morgan fingerprint density at radius 2 is 1.65 bits per heavy atom. The first-order valence-electron chi connectivity index (χ1n) is 8.07. The van der Waals surface area contributed by atoms with E-state index in [1.165, 1.54) is 36.8 Å². The smallest absolute Gasteiger partial charge is 0.0919 e. The zero-order chi connectivity index (χ0) is 11.9. The molecule has 1 saturated heterocycles. The molecule has 0 amide bonds. The average Bonchev–Trinajstić information content (AvgIpc) is 2.74. The predicted octanol–water partition coefficient (Wildman–Crippen LogP) is 3.83. The second kappa shape index (κ2) is 4.57. The van der Waals surface area contributed by atoms with Gasteiger partial charge in [-0.3, -0.25) is 0 Å².